The Morgan fingerprint density at radius 2 is 1.85 bits per heavy atom. The fourth-order valence-electron chi connectivity index (χ4n) is 3.22. The molecule has 0 bridgehead atoms. The van der Waals surface area contributed by atoms with Gasteiger partial charge in [-0.25, -0.2) is 14.8 Å². The number of nitrogen functional groups attached to an aromatic ring is 1. The Morgan fingerprint density at radius 3 is 2.63 bits per heavy atom. The number of nitrogens with one attached hydrogen (secondary N) is 2. The number of benzene rings is 1. The molecular formula is C20H28N6O. The first-order valence-corrected chi connectivity index (χ1v) is 9.71. The molecule has 1 aromatic carbocycles. The first-order valence-electron chi connectivity index (χ1n) is 9.71. The number of rotatable bonds is 9. The van der Waals surface area contributed by atoms with Gasteiger partial charge in [0, 0.05) is 25.0 Å². The van der Waals surface area contributed by atoms with Gasteiger partial charge in [0.25, 0.3) is 0 Å². The van der Waals surface area contributed by atoms with Crippen molar-refractivity contribution in [3.63, 3.8) is 0 Å². The second kappa shape index (κ2) is 9.21. The number of nitrogens with two attached hydrogens (primary N) is 1. The number of aromatic nitrogens is 3. The summed E-state index contributed by atoms with van der Waals surface area (Å²) in [5.74, 6) is 0.462. The van der Waals surface area contributed by atoms with Gasteiger partial charge in [-0.3, -0.25) is 0 Å². The number of nitrogens with zero attached hydrogens (tertiary/aromatic N) is 3. The molecule has 4 N–H and O–H groups in total. The maximum atomic E-state index is 11.7. The van der Waals surface area contributed by atoms with E-state index < -0.39 is 0 Å². The summed E-state index contributed by atoms with van der Waals surface area (Å²) in [7, 11) is 0. The highest BCUT2D eigenvalue weighted by Crippen LogP contribution is 2.27. The van der Waals surface area contributed by atoms with Crippen LogP contribution < -0.4 is 16.4 Å². The molecule has 0 saturated carbocycles. The first kappa shape index (κ1) is 18.9. The first-order chi connectivity index (χ1) is 13.2. The molecule has 0 aliphatic heterocycles. The van der Waals surface area contributed by atoms with Crippen molar-refractivity contribution >= 4 is 33.8 Å². The zero-order valence-corrected chi connectivity index (χ0v) is 15.9. The summed E-state index contributed by atoms with van der Waals surface area (Å²) in [4.78, 5) is 20.6. The van der Waals surface area contributed by atoms with Gasteiger partial charge in [-0.05, 0) is 25.3 Å². The van der Waals surface area contributed by atoms with Crippen LogP contribution in [0, 0.1) is 0 Å². The molecule has 0 saturated heterocycles. The SMILES string of the molecule is CCCCCNC(=O)NCCCCn1cnc2c(N)nc3ccccc3c21. The number of hydrogen-bond acceptors (Lipinski definition) is 4. The van der Waals surface area contributed by atoms with Crippen molar-refractivity contribution in [1.82, 2.24) is 25.2 Å². The van der Waals surface area contributed by atoms with Crippen molar-refractivity contribution in [1.29, 1.82) is 0 Å². The minimum Gasteiger partial charge on any atom is -0.382 e. The van der Waals surface area contributed by atoms with Crippen LogP contribution in [-0.2, 0) is 6.54 Å². The fourth-order valence-corrected chi connectivity index (χ4v) is 3.22. The van der Waals surface area contributed by atoms with E-state index in [4.69, 9.17) is 5.73 Å². The number of amides is 2. The molecule has 3 aromatic rings. The van der Waals surface area contributed by atoms with Crippen LogP contribution in [0.3, 0.4) is 0 Å². The minimum atomic E-state index is -0.0796. The largest absolute Gasteiger partial charge is 0.382 e. The summed E-state index contributed by atoms with van der Waals surface area (Å²) >= 11 is 0. The molecule has 0 aliphatic rings. The third kappa shape index (κ3) is 4.67. The minimum absolute atomic E-state index is 0.0796. The molecule has 27 heavy (non-hydrogen) atoms. The molecular weight excluding hydrogens is 340 g/mol. The van der Waals surface area contributed by atoms with E-state index in [-0.39, 0.29) is 6.03 Å². The highest BCUT2D eigenvalue weighted by atomic mass is 16.2. The van der Waals surface area contributed by atoms with E-state index >= 15 is 0 Å². The van der Waals surface area contributed by atoms with Crippen molar-refractivity contribution < 1.29 is 4.79 Å². The number of hydrogen-bond donors (Lipinski definition) is 3. The molecule has 144 valence electrons. The molecule has 3 rings (SSSR count). The monoisotopic (exact) mass is 368 g/mol. The van der Waals surface area contributed by atoms with Crippen LogP contribution in [0.25, 0.3) is 21.9 Å². The number of carbonyl (C=O) groups is 1. The Bertz CT molecular complexity index is 904. The molecule has 0 spiro atoms. The van der Waals surface area contributed by atoms with Crippen LogP contribution in [0.2, 0.25) is 0 Å². The van der Waals surface area contributed by atoms with Gasteiger partial charge in [0.1, 0.15) is 5.52 Å². The average Bonchev–Trinajstić information content (AvgIpc) is 3.10. The van der Waals surface area contributed by atoms with Gasteiger partial charge in [-0.1, -0.05) is 38.0 Å². The highest BCUT2D eigenvalue weighted by Gasteiger charge is 2.11. The van der Waals surface area contributed by atoms with E-state index in [2.05, 4.69) is 32.1 Å². The van der Waals surface area contributed by atoms with E-state index in [0.717, 1.165) is 67.1 Å². The van der Waals surface area contributed by atoms with E-state index in [1.807, 2.05) is 30.6 Å². The highest BCUT2D eigenvalue weighted by molar-refractivity contribution is 6.06. The molecule has 2 aromatic heterocycles. The topological polar surface area (TPSA) is 97.9 Å². The lowest BCUT2D eigenvalue weighted by atomic mass is 10.2. The summed E-state index contributed by atoms with van der Waals surface area (Å²) in [5, 5.41) is 6.86. The second-order valence-corrected chi connectivity index (χ2v) is 6.75. The van der Waals surface area contributed by atoms with Crippen molar-refractivity contribution in [2.75, 3.05) is 18.8 Å². The third-order valence-corrected chi connectivity index (χ3v) is 4.66. The normalized spacial score (nSPS) is 11.1. The number of imidazole rings is 1. The zero-order valence-electron chi connectivity index (χ0n) is 15.9. The predicted molar refractivity (Wildman–Crippen MR) is 110 cm³/mol. The van der Waals surface area contributed by atoms with Crippen LogP contribution >= 0.6 is 0 Å². The fraction of sp³-hybridized carbons (Fsp3) is 0.450. The van der Waals surface area contributed by atoms with Crippen LogP contribution in [0.5, 0.6) is 0 Å². The van der Waals surface area contributed by atoms with Gasteiger partial charge in [0.15, 0.2) is 5.82 Å². The standard InChI is InChI=1S/C20H28N6O/c1-2-3-6-11-22-20(27)23-12-7-8-13-26-14-24-17-18(26)15-9-4-5-10-16(15)25-19(17)21/h4-5,9-10,14H,2-3,6-8,11-13H2,1H3,(H2,21,25)(H2,22,23,27). The van der Waals surface area contributed by atoms with Gasteiger partial charge < -0.3 is 20.9 Å². The van der Waals surface area contributed by atoms with Gasteiger partial charge in [-0.15, -0.1) is 0 Å². The van der Waals surface area contributed by atoms with Crippen LogP contribution in [-0.4, -0.2) is 33.7 Å². The molecule has 0 unspecified atom stereocenters. The maximum absolute atomic E-state index is 11.7. The lowest BCUT2D eigenvalue weighted by Crippen LogP contribution is -2.36. The van der Waals surface area contributed by atoms with Crippen molar-refractivity contribution in [2.24, 2.45) is 0 Å². The smallest absolute Gasteiger partial charge is 0.314 e. The Labute approximate surface area is 159 Å². The molecule has 2 heterocycles. The van der Waals surface area contributed by atoms with E-state index in [9.17, 15) is 4.79 Å². The number of fused-ring (bicyclic) bond motifs is 3. The van der Waals surface area contributed by atoms with Gasteiger partial charge in [-0.2, -0.15) is 0 Å². The summed E-state index contributed by atoms with van der Waals surface area (Å²) < 4.78 is 2.13. The number of carbonyl (C=O) groups excluding carboxylic acids is 1. The Hall–Kier alpha value is -2.83. The number of pyridine rings is 1. The number of aryl methyl sites for hydroxylation is 1. The molecule has 0 fully saturated rings. The average molecular weight is 368 g/mol. The molecule has 0 aliphatic carbocycles. The number of unbranched alkanes of at least 4 members (excludes halogenated alkanes) is 3. The number of anilines is 1. The van der Waals surface area contributed by atoms with Gasteiger partial charge >= 0.3 is 6.03 Å². The van der Waals surface area contributed by atoms with Crippen molar-refractivity contribution in [3.8, 4) is 0 Å². The quantitative estimate of drug-likeness (QED) is 0.504. The molecule has 7 nitrogen and oxygen atoms in total. The molecule has 0 atom stereocenters. The van der Waals surface area contributed by atoms with Gasteiger partial charge in [0.2, 0.25) is 0 Å². The Balaban J connectivity index is 1.52. The Kier molecular flexibility index (Phi) is 6.46. The summed E-state index contributed by atoms with van der Waals surface area (Å²) in [6.45, 7) is 4.38. The molecule has 2 amide bonds. The third-order valence-electron chi connectivity index (χ3n) is 4.66. The summed E-state index contributed by atoms with van der Waals surface area (Å²) in [6, 6.07) is 7.89. The molecule has 7 heteroatoms. The van der Waals surface area contributed by atoms with Crippen LogP contribution in [0.15, 0.2) is 30.6 Å². The predicted octanol–water partition coefficient (Wildman–Crippen LogP) is 3.44. The van der Waals surface area contributed by atoms with Crippen molar-refractivity contribution in [2.45, 2.75) is 45.6 Å². The van der Waals surface area contributed by atoms with Crippen LogP contribution in [0.4, 0.5) is 10.6 Å². The van der Waals surface area contributed by atoms with Crippen molar-refractivity contribution in [3.05, 3.63) is 30.6 Å². The summed E-state index contributed by atoms with van der Waals surface area (Å²) in [6.07, 6.45) is 7.00. The molecule has 0 radical (unpaired) electrons. The van der Waals surface area contributed by atoms with E-state index in [0.29, 0.717) is 12.4 Å². The second-order valence-electron chi connectivity index (χ2n) is 6.75. The zero-order chi connectivity index (χ0) is 19.1. The number of para-hydroxylation sites is 1. The van der Waals surface area contributed by atoms with Gasteiger partial charge in [0.05, 0.1) is 17.4 Å². The van der Waals surface area contributed by atoms with E-state index in [1.54, 1.807) is 0 Å². The van der Waals surface area contributed by atoms with Crippen LogP contribution in [0.1, 0.15) is 39.0 Å². The van der Waals surface area contributed by atoms with E-state index in [1.165, 1.54) is 0 Å². The Morgan fingerprint density at radius 1 is 1.11 bits per heavy atom. The number of urea groups is 1. The lowest BCUT2D eigenvalue weighted by Gasteiger charge is -2.09. The maximum Gasteiger partial charge on any atom is 0.314 e. The summed E-state index contributed by atoms with van der Waals surface area (Å²) in [5.41, 5.74) is 8.72. The lowest BCUT2D eigenvalue weighted by molar-refractivity contribution is 0.240.